The standard InChI is InChI=1S/C19H19ClN4O/c1-3-16(14-8-10-15(20)11-9-14)22-23-19(25)12-24-13(2)21-17-6-4-5-7-18(17)24/h4-11H,3,12H2,1-2H3,(H,23,25)/b22-16+. The highest BCUT2D eigenvalue weighted by Gasteiger charge is 2.10. The second kappa shape index (κ2) is 7.49. The molecule has 1 amide bonds. The summed E-state index contributed by atoms with van der Waals surface area (Å²) >= 11 is 5.91. The molecule has 0 unspecified atom stereocenters. The molecule has 6 heteroatoms. The van der Waals surface area contributed by atoms with E-state index in [1.165, 1.54) is 0 Å². The number of carbonyl (C=O) groups excluding carboxylic acids is 1. The molecule has 0 aliphatic heterocycles. The molecule has 0 aliphatic carbocycles. The number of halogens is 1. The highest BCUT2D eigenvalue weighted by molar-refractivity contribution is 6.30. The summed E-state index contributed by atoms with van der Waals surface area (Å²) in [6.45, 7) is 4.06. The summed E-state index contributed by atoms with van der Waals surface area (Å²) in [6, 6.07) is 15.2. The van der Waals surface area contributed by atoms with Crippen LogP contribution >= 0.6 is 11.6 Å². The zero-order valence-corrected chi connectivity index (χ0v) is 14.9. The van der Waals surface area contributed by atoms with Gasteiger partial charge in [-0.2, -0.15) is 5.10 Å². The molecule has 25 heavy (non-hydrogen) atoms. The third-order valence-electron chi connectivity index (χ3n) is 3.98. The van der Waals surface area contributed by atoms with Crippen LogP contribution in [0.5, 0.6) is 0 Å². The predicted molar refractivity (Wildman–Crippen MR) is 101 cm³/mol. The molecule has 1 aromatic heterocycles. The Bertz CT molecular complexity index is 928. The van der Waals surface area contributed by atoms with Gasteiger partial charge in [-0.3, -0.25) is 4.79 Å². The molecule has 128 valence electrons. The number of rotatable bonds is 5. The summed E-state index contributed by atoms with van der Waals surface area (Å²) in [4.78, 5) is 16.8. The summed E-state index contributed by atoms with van der Waals surface area (Å²) in [7, 11) is 0. The first-order valence-corrected chi connectivity index (χ1v) is 8.49. The molecular formula is C19H19ClN4O. The van der Waals surface area contributed by atoms with Gasteiger partial charge in [0.15, 0.2) is 0 Å². The van der Waals surface area contributed by atoms with Crippen molar-refractivity contribution in [2.75, 3.05) is 0 Å². The monoisotopic (exact) mass is 354 g/mol. The Morgan fingerprint density at radius 3 is 2.64 bits per heavy atom. The third kappa shape index (κ3) is 3.88. The number of nitrogens with one attached hydrogen (secondary N) is 1. The van der Waals surface area contributed by atoms with E-state index >= 15 is 0 Å². The van der Waals surface area contributed by atoms with Crippen molar-refractivity contribution in [3.05, 3.63) is 64.9 Å². The number of hydrogen-bond donors (Lipinski definition) is 1. The van der Waals surface area contributed by atoms with Crippen molar-refractivity contribution >= 4 is 34.3 Å². The largest absolute Gasteiger partial charge is 0.319 e. The molecule has 0 bridgehead atoms. The van der Waals surface area contributed by atoms with Crippen LogP contribution in [0, 0.1) is 6.92 Å². The minimum Gasteiger partial charge on any atom is -0.319 e. The number of para-hydroxylation sites is 2. The predicted octanol–water partition coefficient (Wildman–Crippen LogP) is 3.93. The van der Waals surface area contributed by atoms with E-state index in [0.29, 0.717) is 11.4 Å². The zero-order chi connectivity index (χ0) is 17.8. The summed E-state index contributed by atoms with van der Waals surface area (Å²) in [6.07, 6.45) is 0.703. The second-order valence-corrected chi connectivity index (χ2v) is 6.12. The van der Waals surface area contributed by atoms with Gasteiger partial charge in [0.2, 0.25) is 0 Å². The van der Waals surface area contributed by atoms with E-state index in [1.54, 1.807) is 0 Å². The lowest BCUT2D eigenvalue weighted by atomic mass is 10.1. The average molecular weight is 355 g/mol. The first-order valence-electron chi connectivity index (χ1n) is 8.11. The maximum absolute atomic E-state index is 12.3. The Hall–Kier alpha value is -2.66. The van der Waals surface area contributed by atoms with Gasteiger partial charge < -0.3 is 4.57 Å². The number of fused-ring (bicyclic) bond motifs is 1. The smallest absolute Gasteiger partial charge is 0.260 e. The van der Waals surface area contributed by atoms with Gasteiger partial charge in [0.05, 0.1) is 16.7 Å². The lowest BCUT2D eigenvalue weighted by molar-refractivity contribution is -0.121. The van der Waals surface area contributed by atoms with Gasteiger partial charge >= 0.3 is 0 Å². The minimum atomic E-state index is -0.189. The number of carbonyl (C=O) groups is 1. The van der Waals surface area contributed by atoms with E-state index in [0.717, 1.165) is 28.1 Å². The molecule has 1 N–H and O–H groups in total. The van der Waals surface area contributed by atoms with Crippen LogP contribution < -0.4 is 5.43 Å². The Kier molecular flexibility index (Phi) is 5.14. The maximum atomic E-state index is 12.3. The average Bonchev–Trinajstić information content (AvgIpc) is 2.92. The first-order chi connectivity index (χ1) is 12.1. The summed E-state index contributed by atoms with van der Waals surface area (Å²) in [5.41, 5.74) is 6.21. The van der Waals surface area contributed by atoms with Gasteiger partial charge in [-0.05, 0) is 43.2 Å². The van der Waals surface area contributed by atoms with Crippen LogP contribution in [0.2, 0.25) is 5.02 Å². The molecule has 0 spiro atoms. The fourth-order valence-electron chi connectivity index (χ4n) is 2.69. The van der Waals surface area contributed by atoms with E-state index < -0.39 is 0 Å². The van der Waals surface area contributed by atoms with Crippen molar-refractivity contribution in [1.29, 1.82) is 0 Å². The fourth-order valence-corrected chi connectivity index (χ4v) is 2.82. The summed E-state index contributed by atoms with van der Waals surface area (Å²) in [5, 5.41) is 4.94. The quantitative estimate of drug-likeness (QED) is 0.557. The lowest BCUT2D eigenvalue weighted by Gasteiger charge is -2.08. The zero-order valence-electron chi connectivity index (χ0n) is 14.2. The number of nitrogens with zero attached hydrogens (tertiary/aromatic N) is 3. The summed E-state index contributed by atoms with van der Waals surface area (Å²) < 4.78 is 1.88. The fraction of sp³-hybridized carbons (Fsp3) is 0.211. The van der Waals surface area contributed by atoms with Crippen molar-refractivity contribution in [1.82, 2.24) is 15.0 Å². The molecule has 0 atom stereocenters. The molecule has 3 rings (SSSR count). The van der Waals surface area contributed by atoms with Crippen LogP contribution in [0.25, 0.3) is 11.0 Å². The minimum absolute atomic E-state index is 0.174. The Morgan fingerprint density at radius 2 is 1.92 bits per heavy atom. The van der Waals surface area contributed by atoms with Crippen LogP contribution in [0.4, 0.5) is 0 Å². The van der Waals surface area contributed by atoms with Gasteiger partial charge in [0.1, 0.15) is 12.4 Å². The van der Waals surface area contributed by atoms with Crippen LogP contribution in [0.1, 0.15) is 24.7 Å². The van der Waals surface area contributed by atoms with E-state index in [2.05, 4.69) is 15.5 Å². The van der Waals surface area contributed by atoms with Gasteiger partial charge in [-0.25, -0.2) is 10.4 Å². The van der Waals surface area contributed by atoms with Crippen LogP contribution in [-0.4, -0.2) is 21.2 Å². The molecule has 1 heterocycles. The van der Waals surface area contributed by atoms with Crippen LogP contribution in [0.3, 0.4) is 0 Å². The van der Waals surface area contributed by atoms with E-state index in [1.807, 2.05) is 66.9 Å². The number of aryl methyl sites for hydroxylation is 1. The SMILES string of the molecule is CC/C(=N\NC(=O)Cn1c(C)nc2ccccc21)c1ccc(Cl)cc1. The first kappa shape index (κ1) is 17.2. The Labute approximate surface area is 151 Å². The van der Waals surface area contributed by atoms with Crippen LogP contribution in [0.15, 0.2) is 53.6 Å². The molecule has 0 saturated carbocycles. The molecule has 2 aromatic carbocycles. The van der Waals surface area contributed by atoms with Gasteiger partial charge in [0.25, 0.3) is 5.91 Å². The van der Waals surface area contributed by atoms with E-state index in [9.17, 15) is 4.79 Å². The molecule has 0 radical (unpaired) electrons. The van der Waals surface area contributed by atoms with Crippen molar-refractivity contribution in [3.63, 3.8) is 0 Å². The second-order valence-electron chi connectivity index (χ2n) is 5.69. The van der Waals surface area contributed by atoms with E-state index in [-0.39, 0.29) is 12.5 Å². The van der Waals surface area contributed by atoms with Crippen molar-refractivity contribution in [3.8, 4) is 0 Å². The Balaban J connectivity index is 1.75. The highest BCUT2D eigenvalue weighted by atomic mass is 35.5. The number of benzene rings is 2. The normalized spacial score (nSPS) is 11.7. The maximum Gasteiger partial charge on any atom is 0.260 e. The van der Waals surface area contributed by atoms with E-state index in [4.69, 9.17) is 11.6 Å². The third-order valence-corrected chi connectivity index (χ3v) is 4.23. The molecule has 0 fully saturated rings. The van der Waals surface area contributed by atoms with Gasteiger partial charge in [-0.15, -0.1) is 0 Å². The lowest BCUT2D eigenvalue weighted by Crippen LogP contribution is -2.25. The molecule has 5 nitrogen and oxygen atoms in total. The molecule has 3 aromatic rings. The highest BCUT2D eigenvalue weighted by Crippen LogP contribution is 2.15. The van der Waals surface area contributed by atoms with Gasteiger partial charge in [0, 0.05) is 5.02 Å². The number of hydrogen-bond acceptors (Lipinski definition) is 3. The van der Waals surface area contributed by atoms with Crippen molar-refractivity contribution in [2.45, 2.75) is 26.8 Å². The number of aromatic nitrogens is 2. The topological polar surface area (TPSA) is 59.3 Å². The number of imidazole rings is 1. The van der Waals surface area contributed by atoms with Crippen LogP contribution in [-0.2, 0) is 11.3 Å². The van der Waals surface area contributed by atoms with Gasteiger partial charge in [-0.1, -0.05) is 42.8 Å². The molecule has 0 aliphatic rings. The molecule has 0 saturated heterocycles. The van der Waals surface area contributed by atoms with Crippen molar-refractivity contribution in [2.24, 2.45) is 5.10 Å². The summed E-state index contributed by atoms with van der Waals surface area (Å²) in [5.74, 6) is 0.611. The number of hydrazone groups is 1. The number of amides is 1. The Morgan fingerprint density at radius 1 is 1.20 bits per heavy atom. The molecular weight excluding hydrogens is 336 g/mol. The van der Waals surface area contributed by atoms with Crippen molar-refractivity contribution < 1.29 is 4.79 Å².